The average Bonchev–Trinajstić information content (AvgIpc) is 3.42. The molecule has 4 rings (SSSR count). The maximum absolute atomic E-state index is 12.7. The molecule has 10 heteroatoms. The van der Waals surface area contributed by atoms with E-state index < -0.39 is 19.9 Å². The zero-order chi connectivity index (χ0) is 19.8. The van der Waals surface area contributed by atoms with Crippen molar-refractivity contribution < 1.29 is 21.3 Å². The Hall–Kier alpha value is -1.20. The van der Waals surface area contributed by atoms with E-state index >= 15 is 0 Å². The fraction of sp³-hybridized carbons (Fsp3) is 0.556. The number of thiophene rings is 1. The molecule has 154 valence electrons. The molecule has 0 unspecified atom stereocenters. The van der Waals surface area contributed by atoms with Gasteiger partial charge < -0.3 is 4.42 Å². The SMILES string of the molecule is O=S1(=O)CC[C@H](N(Cc2ccc(S(=O)(=O)N3CCCC3)o2)Cc2cccs2)C1. The van der Waals surface area contributed by atoms with E-state index in [1.807, 2.05) is 17.5 Å². The molecule has 0 aliphatic carbocycles. The number of furan rings is 1. The van der Waals surface area contributed by atoms with Crippen LogP contribution in [0.4, 0.5) is 0 Å². The molecule has 4 heterocycles. The highest BCUT2D eigenvalue weighted by Crippen LogP contribution is 2.27. The van der Waals surface area contributed by atoms with Gasteiger partial charge in [0.15, 0.2) is 9.84 Å². The Kier molecular flexibility index (Phi) is 5.67. The lowest BCUT2D eigenvalue weighted by atomic mass is 10.2. The van der Waals surface area contributed by atoms with Gasteiger partial charge in [-0.1, -0.05) is 6.07 Å². The number of rotatable bonds is 7. The van der Waals surface area contributed by atoms with E-state index in [0.717, 1.165) is 17.7 Å². The van der Waals surface area contributed by atoms with Crippen LogP contribution in [-0.4, -0.2) is 56.7 Å². The van der Waals surface area contributed by atoms with Crippen molar-refractivity contribution in [3.8, 4) is 0 Å². The van der Waals surface area contributed by atoms with Crippen LogP contribution in [0.25, 0.3) is 0 Å². The van der Waals surface area contributed by atoms with E-state index in [1.165, 1.54) is 10.4 Å². The molecule has 2 saturated heterocycles. The molecule has 0 amide bonds. The molecular weight excluding hydrogens is 420 g/mol. The first-order valence-electron chi connectivity index (χ1n) is 9.39. The molecule has 2 aromatic rings. The van der Waals surface area contributed by atoms with Gasteiger partial charge in [-0.2, -0.15) is 4.31 Å². The maximum Gasteiger partial charge on any atom is 0.276 e. The third-order valence-electron chi connectivity index (χ3n) is 5.32. The smallest absolute Gasteiger partial charge is 0.276 e. The molecule has 2 fully saturated rings. The third kappa shape index (κ3) is 4.35. The Morgan fingerprint density at radius 2 is 1.96 bits per heavy atom. The van der Waals surface area contributed by atoms with Gasteiger partial charge >= 0.3 is 0 Å². The Labute approximate surface area is 169 Å². The van der Waals surface area contributed by atoms with Gasteiger partial charge in [0.2, 0.25) is 5.09 Å². The minimum atomic E-state index is -3.59. The van der Waals surface area contributed by atoms with E-state index in [9.17, 15) is 16.8 Å². The first kappa shape index (κ1) is 20.1. The van der Waals surface area contributed by atoms with Crippen molar-refractivity contribution in [1.82, 2.24) is 9.21 Å². The van der Waals surface area contributed by atoms with Crippen molar-refractivity contribution in [3.63, 3.8) is 0 Å². The molecular formula is C18H24N2O5S3. The quantitative estimate of drug-likeness (QED) is 0.651. The number of nitrogens with zero attached hydrogens (tertiary/aromatic N) is 2. The molecule has 0 N–H and O–H groups in total. The lowest BCUT2D eigenvalue weighted by Gasteiger charge is -2.26. The largest absolute Gasteiger partial charge is 0.447 e. The van der Waals surface area contributed by atoms with Gasteiger partial charge in [0, 0.05) is 30.6 Å². The fourth-order valence-electron chi connectivity index (χ4n) is 3.82. The van der Waals surface area contributed by atoms with Crippen LogP contribution < -0.4 is 0 Å². The molecule has 2 aliphatic heterocycles. The highest BCUT2D eigenvalue weighted by molar-refractivity contribution is 7.91. The predicted octanol–water partition coefficient (Wildman–Crippen LogP) is 2.31. The lowest BCUT2D eigenvalue weighted by Crippen LogP contribution is -2.35. The number of sulfone groups is 1. The Balaban J connectivity index is 1.53. The second kappa shape index (κ2) is 7.91. The molecule has 0 radical (unpaired) electrons. The van der Waals surface area contributed by atoms with E-state index in [4.69, 9.17) is 4.42 Å². The number of hydrogen-bond donors (Lipinski definition) is 0. The van der Waals surface area contributed by atoms with Crippen LogP contribution in [0.3, 0.4) is 0 Å². The van der Waals surface area contributed by atoms with Crippen molar-refractivity contribution in [2.75, 3.05) is 24.6 Å². The van der Waals surface area contributed by atoms with E-state index in [0.29, 0.717) is 38.4 Å². The molecule has 0 saturated carbocycles. The topological polar surface area (TPSA) is 87.9 Å². The predicted molar refractivity (Wildman–Crippen MR) is 107 cm³/mol. The van der Waals surface area contributed by atoms with E-state index in [1.54, 1.807) is 17.4 Å². The van der Waals surface area contributed by atoms with Crippen LogP contribution >= 0.6 is 11.3 Å². The van der Waals surface area contributed by atoms with Gasteiger partial charge in [-0.25, -0.2) is 16.8 Å². The minimum Gasteiger partial charge on any atom is -0.447 e. The zero-order valence-corrected chi connectivity index (χ0v) is 17.9. The fourth-order valence-corrected chi connectivity index (χ4v) is 7.75. The first-order chi connectivity index (χ1) is 13.3. The summed E-state index contributed by atoms with van der Waals surface area (Å²) in [6.45, 7) is 2.06. The zero-order valence-electron chi connectivity index (χ0n) is 15.5. The molecule has 0 spiro atoms. The van der Waals surface area contributed by atoms with Crippen LogP contribution in [0.5, 0.6) is 0 Å². The van der Waals surface area contributed by atoms with Crippen LogP contribution in [0.1, 0.15) is 29.9 Å². The molecule has 7 nitrogen and oxygen atoms in total. The molecule has 0 bridgehead atoms. The summed E-state index contributed by atoms with van der Waals surface area (Å²) in [6.07, 6.45) is 2.34. The second-order valence-electron chi connectivity index (χ2n) is 7.37. The average molecular weight is 445 g/mol. The highest BCUT2D eigenvalue weighted by Gasteiger charge is 2.34. The highest BCUT2D eigenvalue weighted by atomic mass is 32.2. The van der Waals surface area contributed by atoms with Gasteiger partial charge in [-0.3, -0.25) is 4.90 Å². The van der Waals surface area contributed by atoms with Crippen LogP contribution in [0.2, 0.25) is 0 Å². The standard InChI is InChI=1S/C18H24N2O5S3/c21-27(22)11-7-15(14-27)19(13-17-4-3-10-26-17)12-16-5-6-18(25-16)28(23,24)20-8-1-2-9-20/h3-6,10,15H,1-2,7-9,11-14H2/t15-/m0/s1. The summed E-state index contributed by atoms with van der Waals surface area (Å²) in [6, 6.07) is 7.10. The molecule has 2 aliphatic rings. The first-order valence-corrected chi connectivity index (χ1v) is 13.5. The summed E-state index contributed by atoms with van der Waals surface area (Å²) in [7, 11) is -6.60. The van der Waals surface area contributed by atoms with Crippen molar-refractivity contribution in [2.45, 2.75) is 43.5 Å². The summed E-state index contributed by atoms with van der Waals surface area (Å²) in [4.78, 5) is 3.22. The molecule has 28 heavy (non-hydrogen) atoms. The summed E-state index contributed by atoms with van der Waals surface area (Å²) in [5.41, 5.74) is 0. The van der Waals surface area contributed by atoms with Crippen molar-refractivity contribution in [1.29, 1.82) is 0 Å². The lowest BCUT2D eigenvalue weighted by molar-refractivity contribution is 0.177. The monoisotopic (exact) mass is 444 g/mol. The molecule has 2 aromatic heterocycles. The Morgan fingerprint density at radius 1 is 1.18 bits per heavy atom. The summed E-state index contributed by atoms with van der Waals surface area (Å²) >= 11 is 1.62. The third-order valence-corrected chi connectivity index (χ3v) is 9.70. The Bertz CT molecular complexity index is 1010. The van der Waals surface area contributed by atoms with Crippen LogP contribution in [0.15, 0.2) is 39.2 Å². The van der Waals surface area contributed by atoms with Crippen LogP contribution in [-0.2, 0) is 33.0 Å². The van der Waals surface area contributed by atoms with E-state index in [2.05, 4.69) is 4.90 Å². The number of hydrogen-bond acceptors (Lipinski definition) is 7. The van der Waals surface area contributed by atoms with Crippen molar-refractivity contribution >= 4 is 31.2 Å². The minimum absolute atomic E-state index is 0.0282. The van der Waals surface area contributed by atoms with Crippen LogP contribution in [0, 0.1) is 0 Å². The summed E-state index contributed by atoms with van der Waals surface area (Å²) in [5, 5.41) is 1.96. The van der Waals surface area contributed by atoms with Crippen molar-refractivity contribution in [2.24, 2.45) is 0 Å². The van der Waals surface area contributed by atoms with Gasteiger partial charge in [0.25, 0.3) is 10.0 Å². The van der Waals surface area contributed by atoms with Gasteiger partial charge in [-0.15, -0.1) is 11.3 Å². The van der Waals surface area contributed by atoms with Gasteiger partial charge in [0.05, 0.1) is 18.1 Å². The molecule has 1 atom stereocenters. The number of sulfonamides is 1. The van der Waals surface area contributed by atoms with E-state index in [-0.39, 0.29) is 22.6 Å². The summed E-state index contributed by atoms with van der Waals surface area (Å²) < 4.78 is 56.4. The maximum atomic E-state index is 12.7. The van der Waals surface area contributed by atoms with Crippen molar-refractivity contribution in [3.05, 3.63) is 40.3 Å². The normalized spacial score (nSPS) is 23.0. The second-order valence-corrected chi connectivity index (χ2v) is 12.5. The summed E-state index contributed by atoms with van der Waals surface area (Å²) in [5.74, 6) is 0.877. The van der Waals surface area contributed by atoms with Gasteiger partial charge in [-0.05, 0) is 42.8 Å². The Morgan fingerprint density at radius 3 is 2.61 bits per heavy atom. The van der Waals surface area contributed by atoms with Gasteiger partial charge in [0.1, 0.15) is 5.76 Å². The molecule has 0 aromatic carbocycles.